The van der Waals surface area contributed by atoms with Gasteiger partial charge in [0.15, 0.2) is 0 Å². The van der Waals surface area contributed by atoms with E-state index in [-0.39, 0.29) is 50.7 Å². The van der Waals surface area contributed by atoms with E-state index in [0.717, 1.165) is 55.5 Å². The molecule has 2 aromatic carbocycles. The second kappa shape index (κ2) is 14.4. The van der Waals surface area contributed by atoms with Crippen molar-refractivity contribution in [2.24, 2.45) is 0 Å². The van der Waals surface area contributed by atoms with Gasteiger partial charge >= 0.3 is 11.9 Å². The van der Waals surface area contributed by atoms with Crippen molar-refractivity contribution in [1.82, 2.24) is 9.80 Å². The summed E-state index contributed by atoms with van der Waals surface area (Å²) >= 11 is 12.3. The van der Waals surface area contributed by atoms with Crippen LogP contribution in [0.1, 0.15) is 55.8 Å². The first-order chi connectivity index (χ1) is 19.7. The zero-order valence-corrected chi connectivity index (χ0v) is 25.5. The summed E-state index contributed by atoms with van der Waals surface area (Å²) in [6.07, 6.45) is 4.31. The fraction of sp³-hybridized carbons (Fsp3) is 0.516. The number of halogens is 2. The molecule has 8 nitrogen and oxygen atoms in total. The number of likely N-dealkylation sites (tertiary alicyclic amines) is 1. The van der Waals surface area contributed by atoms with Crippen LogP contribution in [0, 0.1) is 0 Å². The van der Waals surface area contributed by atoms with Crippen LogP contribution in [0.5, 0.6) is 0 Å². The standard InChI is InChI=1S/C31H39Cl2N3O5/c1-4-40-29(38)19-36(20-30(39)41-5-2)23-11-9-22-10-13-27(35-14-6-7-15-35)31(24(22)18-23)34(3)28(37)17-21-8-12-25(32)26(33)16-21/h8-9,11-12,16,18,27,31H,4-7,10,13-15,17,19-20H2,1-3H3/t27-,31-/m0/s1. The zero-order chi connectivity index (χ0) is 29.5. The first-order valence-electron chi connectivity index (χ1n) is 14.3. The Morgan fingerprint density at radius 3 is 2.20 bits per heavy atom. The number of rotatable bonds is 11. The largest absolute Gasteiger partial charge is 0.465 e. The predicted octanol–water partition coefficient (Wildman–Crippen LogP) is 5.08. The second-order valence-corrected chi connectivity index (χ2v) is 11.4. The van der Waals surface area contributed by atoms with Gasteiger partial charge in [-0.15, -0.1) is 0 Å². The molecule has 2 aliphatic rings. The molecule has 0 aromatic heterocycles. The van der Waals surface area contributed by atoms with Crippen molar-refractivity contribution in [2.45, 2.75) is 58.0 Å². The Kier molecular flexibility index (Phi) is 10.9. The molecule has 1 fully saturated rings. The molecule has 0 N–H and O–H groups in total. The van der Waals surface area contributed by atoms with Gasteiger partial charge in [-0.1, -0.05) is 35.3 Å². The van der Waals surface area contributed by atoms with Crippen molar-refractivity contribution in [3.8, 4) is 0 Å². The summed E-state index contributed by atoms with van der Waals surface area (Å²) in [5.74, 6) is -0.865. The van der Waals surface area contributed by atoms with Gasteiger partial charge in [0.25, 0.3) is 0 Å². The summed E-state index contributed by atoms with van der Waals surface area (Å²) in [6, 6.07) is 11.3. The van der Waals surface area contributed by atoms with Crippen molar-refractivity contribution < 1.29 is 23.9 Å². The number of likely N-dealkylation sites (N-methyl/N-ethyl adjacent to an activating group) is 1. The fourth-order valence-electron chi connectivity index (χ4n) is 5.94. The van der Waals surface area contributed by atoms with Gasteiger partial charge in [0.1, 0.15) is 13.1 Å². The number of fused-ring (bicyclic) bond motifs is 1. The minimum atomic E-state index is -0.421. The van der Waals surface area contributed by atoms with Gasteiger partial charge in [-0.05, 0) is 93.6 Å². The maximum atomic E-state index is 13.7. The van der Waals surface area contributed by atoms with E-state index in [1.54, 1.807) is 30.9 Å². The van der Waals surface area contributed by atoms with E-state index in [1.807, 2.05) is 30.1 Å². The molecule has 2 aromatic rings. The van der Waals surface area contributed by atoms with Crippen molar-refractivity contribution in [3.63, 3.8) is 0 Å². The molecule has 2 atom stereocenters. The Morgan fingerprint density at radius 2 is 1.59 bits per heavy atom. The first kappa shape index (κ1) is 31.1. The molecule has 1 saturated heterocycles. The molecule has 0 unspecified atom stereocenters. The Morgan fingerprint density at radius 1 is 0.927 bits per heavy atom. The van der Waals surface area contributed by atoms with E-state index < -0.39 is 11.9 Å². The monoisotopic (exact) mass is 603 g/mol. The molecule has 222 valence electrons. The molecule has 10 heteroatoms. The van der Waals surface area contributed by atoms with E-state index in [4.69, 9.17) is 32.7 Å². The topological polar surface area (TPSA) is 79.4 Å². The Balaban J connectivity index is 1.68. The number of esters is 2. The van der Waals surface area contributed by atoms with Crippen molar-refractivity contribution in [3.05, 3.63) is 63.1 Å². The molecule has 1 amide bonds. The third-order valence-electron chi connectivity index (χ3n) is 7.90. The highest BCUT2D eigenvalue weighted by Crippen LogP contribution is 2.40. The maximum Gasteiger partial charge on any atom is 0.325 e. The second-order valence-electron chi connectivity index (χ2n) is 10.6. The highest BCUT2D eigenvalue weighted by atomic mass is 35.5. The summed E-state index contributed by atoms with van der Waals surface area (Å²) in [5, 5.41) is 0.875. The number of ether oxygens (including phenoxy) is 2. The zero-order valence-electron chi connectivity index (χ0n) is 24.0. The van der Waals surface area contributed by atoms with Crippen molar-refractivity contribution >= 4 is 46.7 Å². The van der Waals surface area contributed by atoms with Crippen LogP contribution in [0.3, 0.4) is 0 Å². The Hall–Kier alpha value is -2.81. The number of benzene rings is 2. The summed E-state index contributed by atoms with van der Waals surface area (Å²) in [5.41, 5.74) is 3.71. The van der Waals surface area contributed by atoms with Gasteiger partial charge in [0, 0.05) is 18.8 Å². The van der Waals surface area contributed by atoms with Gasteiger partial charge in [-0.3, -0.25) is 19.3 Å². The molecular weight excluding hydrogens is 565 g/mol. The number of carbonyl (C=O) groups is 3. The summed E-state index contributed by atoms with van der Waals surface area (Å²) in [7, 11) is 1.87. The summed E-state index contributed by atoms with van der Waals surface area (Å²) in [4.78, 5) is 44.7. The van der Waals surface area contributed by atoms with Gasteiger partial charge in [0.05, 0.1) is 35.7 Å². The lowest BCUT2D eigenvalue weighted by Gasteiger charge is -2.44. The van der Waals surface area contributed by atoms with Crippen LogP contribution in [0.15, 0.2) is 36.4 Å². The summed E-state index contributed by atoms with van der Waals surface area (Å²) in [6.45, 7) is 5.84. The Labute approximate surface area is 252 Å². The molecular formula is C31H39Cl2N3O5. The van der Waals surface area contributed by atoms with Gasteiger partial charge in [0.2, 0.25) is 5.91 Å². The molecule has 4 rings (SSSR count). The van der Waals surface area contributed by atoms with Gasteiger partial charge in [-0.25, -0.2) is 0 Å². The number of amides is 1. The molecule has 1 aliphatic heterocycles. The SMILES string of the molecule is CCOC(=O)CN(CC(=O)OCC)c1ccc2c(c1)[C@H](N(C)C(=O)Cc1ccc(Cl)c(Cl)c1)[C@@H](N1CCCC1)CC2. The highest BCUT2D eigenvalue weighted by molar-refractivity contribution is 6.42. The molecule has 1 heterocycles. The van der Waals surface area contributed by atoms with E-state index in [2.05, 4.69) is 11.0 Å². The lowest BCUT2D eigenvalue weighted by molar-refractivity contribution is -0.142. The minimum Gasteiger partial charge on any atom is -0.465 e. The number of nitrogens with zero attached hydrogens (tertiary/aromatic N) is 3. The van der Waals surface area contributed by atoms with E-state index >= 15 is 0 Å². The van der Waals surface area contributed by atoms with Crippen molar-refractivity contribution in [2.75, 3.05) is 51.3 Å². The van der Waals surface area contributed by atoms with Crippen LogP contribution in [-0.2, 0) is 36.7 Å². The molecule has 0 spiro atoms. The van der Waals surface area contributed by atoms with Gasteiger partial charge < -0.3 is 19.3 Å². The molecule has 1 aliphatic carbocycles. The number of aryl methyl sites for hydroxylation is 1. The van der Waals surface area contributed by atoms with E-state index in [1.165, 1.54) is 0 Å². The highest BCUT2D eigenvalue weighted by Gasteiger charge is 2.39. The lowest BCUT2D eigenvalue weighted by atomic mass is 9.82. The average molecular weight is 605 g/mol. The number of hydrogen-bond donors (Lipinski definition) is 0. The lowest BCUT2D eigenvalue weighted by Crippen LogP contribution is -2.48. The molecule has 41 heavy (non-hydrogen) atoms. The van der Waals surface area contributed by atoms with E-state index in [0.29, 0.717) is 15.7 Å². The van der Waals surface area contributed by atoms with Crippen LogP contribution in [-0.4, -0.2) is 80.1 Å². The van der Waals surface area contributed by atoms with Gasteiger partial charge in [-0.2, -0.15) is 0 Å². The third-order valence-corrected chi connectivity index (χ3v) is 8.64. The van der Waals surface area contributed by atoms with Crippen molar-refractivity contribution in [1.29, 1.82) is 0 Å². The minimum absolute atomic E-state index is 0.0225. The van der Waals surface area contributed by atoms with Crippen LogP contribution < -0.4 is 4.90 Å². The number of carbonyl (C=O) groups excluding carboxylic acids is 3. The predicted molar refractivity (Wildman–Crippen MR) is 161 cm³/mol. The summed E-state index contributed by atoms with van der Waals surface area (Å²) < 4.78 is 10.4. The number of hydrogen-bond acceptors (Lipinski definition) is 7. The molecule has 0 bridgehead atoms. The quantitative estimate of drug-likeness (QED) is 0.331. The third kappa shape index (κ3) is 7.73. The Bertz CT molecular complexity index is 1230. The first-order valence-corrected chi connectivity index (χ1v) is 15.1. The van der Waals surface area contributed by atoms with Crippen LogP contribution in [0.2, 0.25) is 10.0 Å². The van der Waals surface area contributed by atoms with Crippen LogP contribution in [0.25, 0.3) is 0 Å². The van der Waals surface area contributed by atoms with Crippen LogP contribution in [0.4, 0.5) is 5.69 Å². The van der Waals surface area contributed by atoms with E-state index in [9.17, 15) is 14.4 Å². The maximum absolute atomic E-state index is 13.7. The van der Waals surface area contributed by atoms with Crippen LogP contribution >= 0.6 is 23.2 Å². The molecule has 0 radical (unpaired) electrons. The number of anilines is 1. The normalized spacial score (nSPS) is 18.5. The average Bonchev–Trinajstić information content (AvgIpc) is 3.48. The molecule has 0 saturated carbocycles. The smallest absolute Gasteiger partial charge is 0.325 e. The fourth-order valence-corrected chi connectivity index (χ4v) is 6.26.